The van der Waals surface area contributed by atoms with Gasteiger partial charge in [0.1, 0.15) is 24.1 Å². The average Bonchev–Trinajstić information content (AvgIpc) is 3.65. The quantitative estimate of drug-likeness (QED) is 0.295. The third kappa shape index (κ3) is 13.2. The highest BCUT2D eigenvalue weighted by Gasteiger charge is 2.26. The first-order valence-electron chi connectivity index (χ1n) is 15.0. The Morgan fingerprint density at radius 1 is 1.09 bits per heavy atom. The van der Waals surface area contributed by atoms with Crippen LogP contribution >= 0.6 is 0 Å². The van der Waals surface area contributed by atoms with Crippen molar-refractivity contribution in [1.29, 1.82) is 0 Å². The molecule has 1 amide bonds. The van der Waals surface area contributed by atoms with E-state index >= 15 is 0 Å². The van der Waals surface area contributed by atoms with E-state index in [9.17, 15) is 14.4 Å². The zero-order valence-corrected chi connectivity index (χ0v) is 27.0. The van der Waals surface area contributed by atoms with Crippen LogP contribution in [-0.4, -0.2) is 77.4 Å². The third-order valence-electron chi connectivity index (χ3n) is 6.82. The zero-order valence-electron chi connectivity index (χ0n) is 27.0. The van der Waals surface area contributed by atoms with Crippen LogP contribution in [0.15, 0.2) is 67.1 Å². The van der Waals surface area contributed by atoms with Crippen molar-refractivity contribution in [3.63, 3.8) is 0 Å². The molecule has 2 atom stereocenters. The lowest BCUT2D eigenvalue weighted by atomic mass is 10.1. The minimum Gasteiger partial charge on any atom is -0.494 e. The second kappa shape index (κ2) is 18.7. The average molecular weight is 608 g/mol. The van der Waals surface area contributed by atoms with Gasteiger partial charge in [-0.3, -0.25) is 9.59 Å². The first-order chi connectivity index (χ1) is 20.9. The number of carbonyl (C=O) groups excluding carboxylic acids is 3. The first kappa shape index (κ1) is 36.3. The molecular weight excluding hydrogens is 558 g/mol. The van der Waals surface area contributed by atoms with Crippen LogP contribution in [0.4, 0.5) is 0 Å². The summed E-state index contributed by atoms with van der Waals surface area (Å²) >= 11 is 0. The molecular formula is C34H49N5O5. The summed E-state index contributed by atoms with van der Waals surface area (Å²) in [4.78, 5) is 41.0. The molecule has 3 N–H and O–H groups in total. The number of aldehydes is 1. The monoisotopic (exact) mass is 607 g/mol. The van der Waals surface area contributed by atoms with Crippen LogP contribution in [-0.2, 0) is 25.7 Å². The maximum Gasteiger partial charge on any atom is 0.240 e. The number of benzene rings is 2. The molecule has 2 unspecified atom stereocenters. The number of carbonyl (C=O) groups is 3. The van der Waals surface area contributed by atoms with Crippen molar-refractivity contribution in [3.05, 3.63) is 83.9 Å². The molecule has 0 spiro atoms. The Hall–Kier alpha value is -3.86. The molecule has 240 valence electrons. The minimum atomic E-state index is -1.02. The van der Waals surface area contributed by atoms with E-state index in [1.54, 1.807) is 24.7 Å². The topological polar surface area (TPSA) is 129 Å². The van der Waals surface area contributed by atoms with Crippen molar-refractivity contribution in [2.75, 3.05) is 33.4 Å². The summed E-state index contributed by atoms with van der Waals surface area (Å²) in [5.74, 6) is 0.282. The third-order valence-corrected chi connectivity index (χ3v) is 6.82. The van der Waals surface area contributed by atoms with E-state index in [0.29, 0.717) is 13.2 Å². The van der Waals surface area contributed by atoms with Gasteiger partial charge in [-0.25, -0.2) is 4.98 Å². The molecule has 4 rings (SSSR count). The van der Waals surface area contributed by atoms with Gasteiger partial charge in [0.05, 0.1) is 37.4 Å². The van der Waals surface area contributed by atoms with Crippen LogP contribution in [0.3, 0.4) is 0 Å². The summed E-state index contributed by atoms with van der Waals surface area (Å²) in [5, 5.41) is 2.60. The van der Waals surface area contributed by atoms with Gasteiger partial charge in [0.2, 0.25) is 5.91 Å². The van der Waals surface area contributed by atoms with Gasteiger partial charge < -0.3 is 34.8 Å². The summed E-state index contributed by atoms with van der Waals surface area (Å²) in [6.07, 6.45) is 7.27. The predicted octanol–water partition coefficient (Wildman–Crippen LogP) is 4.10. The maximum atomic E-state index is 11.8. The van der Waals surface area contributed by atoms with Crippen molar-refractivity contribution in [2.45, 2.75) is 71.7 Å². The molecule has 1 fully saturated rings. The summed E-state index contributed by atoms with van der Waals surface area (Å²) in [6.45, 7) is 12.2. The number of hydrogen-bond donors (Lipinski definition) is 2. The molecule has 2 heterocycles. The van der Waals surface area contributed by atoms with E-state index < -0.39 is 11.6 Å². The van der Waals surface area contributed by atoms with Crippen molar-refractivity contribution in [3.8, 4) is 5.75 Å². The number of aryl methyl sites for hydroxylation is 1. The number of nitrogens with two attached hydrogens (primary N) is 1. The van der Waals surface area contributed by atoms with Crippen molar-refractivity contribution < 1.29 is 23.9 Å². The number of ketones is 1. The van der Waals surface area contributed by atoms with Crippen molar-refractivity contribution >= 4 is 18.0 Å². The van der Waals surface area contributed by atoms with Gasteiger partial charge in [0.15, 0.2) is 5.78 Å². The summed E-state index contributed by atoms with van der Waals surface area (Å²) < 4.78 is 12.7. The number of nitrogens with zero attached hydrogens (tertiary/aromatic N) is 3. The first-order valence-corrected chi connectivity index (χ1v) is 15.0. The van der Waals surface area contributed by atoms with E-state index in [2.05, 4.69) is 22.2 Å². The molecule has 1 aliphatic heterocycles. The predicted molar refractivity (Wildman–Crippen MR) is 172 cm³/mol. The number of amides is 1. The molecule has 44 heavy (non-hydrogen) atoms. The second-order valence-corrected chi connectivity index (χ2v) is 11.4. The number of imidazole rings is 1. The zero-order chi connectivity index (χ0) is 32.5. The SMILES string of the molecule is CC(=O)C(COCc1ccccc1)NC(=O)C(C)(C)N.CCOc1ccc(C(C=O)n2cnc(C)c2)cc1.CN1CCCC1. The fraction of sp³-hybridized carbons (Fsp3) is 0.471. The van der Waals surface area contributed by atoms with Crippen molar-refractivity contribution in [2.24, 2.45) is 5.73 Å². The van der Waals surface area contributed by atoms with E-state index in [1.165, 1.54) is 32.9 Å². The van der Waals surface area contributed by atoms with Crippen LogP contribution in [0.25, 0.3) is 0 Å². The number of ether oxygens (including phenoxy) is 2. The summed E-state index contributed by atoms with van der Waals surface area (Å²) in [5.41, 5.74) is 7.49. The van der Waals surface area contributed by atoms with Crippen LogP contribution in [0.5, 0.6) is 5.75 Å². The Morgan fingerprint density at radius 3 is 2.18 bits per heavy atom. The molecule has 0 saturated carbocycles. The number of Topliss-reactive ketones (excluding diaryl/α,β-unsaturated/α-hetero) is 1. The van der Waals surface area contributed by atoms with Gasteiger partial charge in [-0.05, 0) is 90.9 Å². The lowest BCUT2D eigenvalue weighted by Crippen LogP contribution is -2.54. The van der Waals surface area contributed by atoms with E-state index in [0.717, 1.165) is 28.9 Å². The van der Waals surface area contributed by atoms with Gasteiger partial charge in [0.25, 0.3) is 0 Å². The molecule has 3 aromatic rings. The Balaban J connectivity index is 0.000000258. The molecule has 1 aliphatic rings. The van der Waals surface area contributed by atoms with E-state index in [1.807, 2.05) is 74.6 Å². The second-order valence-electron chi connectivity index (χ2n) is 11.4. The number of hydrogen-bond acceptors (Lipinski definition) is 8. The molecule has 0 bridgehead atoms. The molecule has 2 aromatic carbocycles. The fourth-order valence-electron chi connectivity index (χ4n) is 4.19. The van der Waals surface area contributed by atoms with Crippen LogP contribution in [0, 0.1) is 6.92 Å². The molecule has 0 aliphatic carbocycles. The number of aromatic nitrogens is 2. The highest BCUT2D eigenvalue weighted by molar-refractivity contribution is 5.91. The maximum absolute atomic E-state index is 11.8. The molecule has 10 heteroatoms. The van der Waals surface area contributed by atoms with Crippen LogP contribution in [0.1, 0.15) is 63.4 Å². The lowest BCUT2D eigenvalue weighted by Gasteiger charge is -2.22. The molecule has 0 radical (unpaired) electrons. The largest absolute Gasteiger partial charge is 0.494 e. The van der Waals surface area contributed by atoms with Gasteiger partial charge in [-0.15, -0.1) is 0 Å². The van der Waals surface area contributed by atoms with Crippen LogP contribution < -0.4 is 15.8 Å². The Bertz CT molecular complexity index is 1270. The fourth-order valence-corrected chi connectivity index (χ4v) is 4.19. The van der Waals surface area contributed by atoms with E-state index in [4.69, 9.17) is 15.2 Å². The highest BCUT2D eigenvalue weighted by atomic mass is 16.5. The summed E-state index contributed by atoms with van der Waals surface area (Å²) in [7, 11) is 2.17. The highest BCUT2D eigenvalue weighted by Crippen LogP contribution is 2.20. The lowest BCUT2D eigenvalue weighted by molar-refractivity contribution is -0.131. The van der Waals surface area contributed by atoms with Gasteiger partial charge >= 0.3 is 0 Å². The Kier molecular flexibility index (Phi) is 15.5. The van der Waals surface area contributed by atoms with Gasteiger partial charge in [-0.1, -0.05) is 42.5 Å². The number of likely N-dealkylation sites (tertiary alicyclic amines) is 1. The Labute approximate surface area is 261 Å². The number of rotatable bonds is 12. The van der Waals surface area contributed by atoms with E-state index in [-0.39, 0.29) is 24.3 Å². The van der Waals surface area contributed by atoms with Gasteiger partial charge in [0, 0.05) is 6.20 Å². The smallest absolute Gasteiger partial charge is 0.240 e. The van der Waals surface area contributed by atoms with Crippen molar-refractivity contribution in [1.82, 2.24) is 19.8 Å². The molecule has 10 nitrogen and oxygen atoms in total. The standard InChI is InChI=1S/C15H22N2O3.C14H16N2O2.C5H11N/c1-11(18)13(17-14(19)15(2,3)16)10-20-9-12-7-5-4-6-8-12;1-3-18-13-6-4-12(5-7-13)14(9-17)16-8-11(2)15-10-16;1-6-4-2-3-5-6/h4-8,13H,9-10,16H2,1-3H3,(H,17,19);4-10,14H,3H2,1-2H3;2-5H2,1H3. The normalized spacial score (nSPS) is 14.2. The minimum absolute atomic E-state index is 0.131. The van der Waals surface area contributed by atoms with Gasteiger partial charge in [-0.2, -0.15) is 0 Å². The van der Waals surface area contributed by atoms with Crippen LogP contribution in [0.2, 0.25) is 0 Å². The molecule has 1 saturated heterocycles. The molecule has 1 aromatic heterocycles. The Morgan fingerprint density at radius 2 is 1.73 bits per heavy atom. The summed E-state index contributed by atoms with van der Waals surface area (Å²) in [6, 6.07) is 16.2. The number of nitrogens with one attached hydrogen (secondary N) is 1.